The molecule has 6 nitrogen and oxygen atoms in total. The number of carbonyl (C=O) groups excluding carboxylic acids is 3. The molecule has 1 saturated carbocycles. The molecule has 2 aromatic carbocycles. The maximum atomic E-state index is 13.4. The zero-order chi connectivity index (χ0) is 30.5. The van der Waals surface area contributed by atoms with E-state index in [9.17, 15) is 33.4 Å². The highest BCUT2D eigenvalue weighted by molar-refractivity contribution is 5.97. The minimum absolute atomic E-state index is 0.00273. The largest absolute Gasteiger partial charge is 0.427 e. The molecule has 2 N–H and O–H groups in total. The van der Waals surface area contributed by atoms with Crippen molar-refractivity contribution in [2.45, 2.75) is 96.2 Å². The zero-order valence-electron chi connectivity index (χ0n) is 24.3. The number of carbonyl (C=O) groups is 3. The Kier molecular flexibility index (Phi) is 13.5. The van der Waals surface area contributed by atoms with E-state index in [0.717, 1.165) is 50.7 Å². The molecule has 0 radical (unpaired) electrons. The summed E-state index contributed by atoms with van der Waals surface area (Å²) < 4.78 is 31.9. The highest BCUT2D eigenvalue weighted by Gasteiger charge is 2.39. The van der Waals surface area contributed by atoms with Gasteiger partial charge < -0.3 is 14.9 Å². The first-order valence-corrected chi connectivity index (χ1v) is 15.0. The molecular weight excluding hydrogens is 542 g/mol. The molecular formula is C34H42F2O6. The molecule has 0 aliphatic heterocycles. The number of benzene rings is 2. The van der Waals surface area contributed by atoms with Crippen molar-refractivity contribution in [3.63, 3.8) is 0 Å². The van der Waals surface area contributed by atoms with Crippen LogP contribution < -0.4 is 4.74 Å². The van der Waals surface area contributed by atoms with Crippen molar-refractivity contribution >= 4 is 17.5 Å². The number of hydrogen-bond acceptors (Lipinski definition) is 6. The van der Waals surface area contributed by atoms with Gasteiger partial charge in [0.2, 0.25) is 0 Å². The van der Waals surface area contributed by atoms with E-state index in [-0.39, 0.29) is 54.2 Å². The topological polar surface area (TPSA) is 101 Å². The van der Waals surface area contributed by atoms with Gasteiger partial charge in [0.15, 0.2) is 17.4 Å². The highest BCUT2D eigenvalue weighted by atomic mass is 19.2. The van der Waals surface area contributed by atoms with E-state index in [2.05, 4.69) is 6.92 Å². The number of hydrogen-bond donors (Lipinski definition) is 2. The standard InChI is InChI=1S/C34H42F2O6/c1-2-3-6-9-25(37)15-18-28-27(32(39)22-33(28)40)10-7-4-5-8-11-34(41)42-26-16-12-23(13-17-26)20-31(38)24-14-19-29(35)30(36)21-24/h12-19,21,25,27-28,33,37,40H,2-11,20,22H2,1H3/b18-15+/t25-,27+,28+,33+/m0/s1. The van der Waals surface area contributed by atoms with E-state index in [4.69, 9.17) is 4.74 Å². The Morgan fingerprint density at radius 3 is 2.45 bits per heavy atom. The van der Waals surface area contributed by atoms with Gasteiger partial charge in [0.25, 0.3) is 0 Å². The normalized spacial score (nSPS) is 19.4. The second-order valence-electron chi connectivity index (χ2n) is 11.2. The van der Waals surface area contributed by atoms with Crippen LogP contribution in [0.5, 0.6) is 5.75 Å². The number of aliphatic hydroxyl groups excluding tert-OH is 2. The van der Waals surface area contributed by atoms with Crippen molar-refractivity contribution in [2.75, 3.05) is 0 Å². The fourth-order valence-corrected chi connectivity index (χ4v) is 5.35. The Hall–Kier alpha value is -3.23. The first kappa shape index (κ1) is 33.3. The van der Waals surface area contributed by atoms with E-state index in [1.165, 1.54) is 6.07 Å². The average molecular weight is 585 g/mol. The van der Waals surface area contributed by atoms with Crippen LogP contribution in [0.1, 0.15) is 93.5 Å². The third-order valence-electron chi connectivity index (χ3n) is 7.80. The number of Topliss-reactive ketones (excluding diaryl/α,β-unsaturated/α-hetero) is 2. The van der Waals surface area contributed by atoms with Crippen LogP contribution in [0.15, 0.2) is 54.6 Å². The molecule has 2 aromatic rings. The molecule has 3 rings (SSSR count). The summed E-state index contributed by atoms with van der Waals surface area (Å²) in [5.41, 5.74) is 0.736. The van der Waals surface area contributed by atoms with Gasteiger partial charge in [-0.3, -0.25) is 14.4 Å². The van der Waals surface area contributed by atoms with Crippen molar-refractivity contribution in [2.24, 2.45) is 11.8 Å². The lowest BCUT2D eigenvalue weighted by molar-refractivity contribution is -0.134. The van der Waals surface area contributed by atoms with Crippen molar-refractivity contribution in [1.82, 2.24) is 0 Å². The average Bonchev–Trinajstić information content (AvgIpc) is 3.23. The minimum atomic E-state index is -1.07. The Bertz CT molecular complexity index is 1210. The molecule has 0 bridgehead atoms. The monoisotopic (exact) mass is 584 g/mol. The molecule has 0 amide bonds. The van der Waals surface area contributed by atoms with E-state index >= 15 is 0 Å². The van der Waals surface area contributed by atoms with Gasteiger partial charge in [-0.2, -0.15) is 0 Å². The van der Waals surface area contributed by atoms with Crippen LogP contribution in [0.4, 0.5) is 8.78 Å². The molecule has 1 aliphatic carbocycles. The van der Waals surface area contributed by atoms with Gasteiger partial charge in [-0.1, -0.05) is 69.7 Å². The number of unbranched alkanes of at least 4 members (excludes halogenated alkanes) is 5. The summed E-state index contributed by atoms with van der Waals surface area (Å²) in [6, 6.07) is 9.53. The second kappa shape index (κ2) is 17.0. The quantitative estimate of drug-likeness (QED) is 0.0706. The predicted octanol–water partition coefficient (Wildman–Crippen LogP) is 6.70. The molecule has 0 aromatic heterocycles. The number of ketones is 2. The molecule has 1 aliphatic rings. The molecule has 0 saturated heterocycles. The van der Waals surface area contributed by atoms with E-state index in [1.807, 2.05) is 6.08 Å². The first-order chi connectivity index (χ1) is 20.2. The first-order valence-electron chi connectivity index (χ1n) is 15.0. The van der Waals surface area contributed by atoms with E-state index in [1.54, 1.807) is 30.3 Å². The number of halogens is 2. The van der Waals surface area contributed by atoms with Gasteiger partial charge in [-0.15, -0.1) is 0 Å². The lowest BCUT2D eigenvalue weighted by atomic mass is 9.88. The van der Waals surface area contributed by atoms with Crippen LogP contribution in [0.2, 0.25) is 0 Å². The molecule has 1 fully saturated rings. The summed E-state index contributed by atoms with van der Waals surface area (Å²) in [5, 5.41) is 20.5. The van der Waals surface area contributed by atoms with Crippen LogP contribution >= 0.6 is 0 Å². The third kappa shape index (κ3) is 10.6. The lowest BCUT2D eigenvalue weighted by Crippen LogP contribution is -2.19. The van der Waals surface area contributed by atoms with Gasteiger partial charge in [-0.05, 0) is 55.2 Å². The van der Waals surface area contributed by atoms with Crippen molar-refractivity contribution < 1.29 is 38.1 Å². The fraction of sp³-hybridized carbons (Fsp3) is 0.500. The number of esters is 1. The fourth-order valence-electron chi connectivity index (χ4n) is 5.35. The minimum Gasteiger partial charge on any atom is -0.427 e. The van der Waals surface area contributed by atoms with Gasteiger partial charge in [-0.25, -0.2) is 8.78 Å². The van der Waals surface area contributed by atoms with Gasteiger partial charge in [0.05, 0.1) is 12.2 Å². The van der Waals surface area contributed by atoms with Crippen molar-refractivity contribution in [3.8, 4) is 5.75 Å². The van der Waals surface area contributed by atoms with Gasteiger partial charge in [0.1, 0.15) is 11.5 Å². The Balaban J connectivity index is 1.33. The third-order valence-corrected chi connectivity index (χ3v) is 7.80. The Morgan fingerprint density at radius 2 is 1.74 bits per heavy atom. The maximum Gasteiger partial charge on any atom is 0.311 e. The highest BCUT2D eigenvalue weighted by Crippen LogP contribution is 2.34. The van der Waals surface area contributed by atoms with Gasteiger partial charge in [0, 0.05) is 36.7 Å². The van der Waals surface area contributed by atoms with Crippen LogP contribution in [-0.2, 0) is 16.0 Å². The molecule has 8 heteroatoms. The summed E-state index contributed by atoms with van der Waals surface area (Å²) in [4.78, 5) is 37.0. The van der Waals surface area contributed by atoms with Crippen LogP contribution in [0, 0.1) is 23.5 Å². The summed E-state index contributed by atoms with van der Waals surface area (Å²) in [7, 11) is 0. The number of rotatable bonds is 17. The lowest BCUT2D eigenvalue weighted by Gasteiger charge is -2.18. The summed E-state index contributed by atoms with van der Waals surface area (Å²) in [6.07, 6.45) is 10.3. The zero-order valence-corrected chi connectivity index (χ0v) is 24.3. The summed E-state index contributed by atoms with van der Waals surface area (Å²) >= 11 is 0. The van der Waals surface area contributed by atoms with E-state index in [0.29, 0.717) is 30.6 Å². The molecule has 228 valence electrons. The predicted molar refractivity (Wildman–Crippen MR) is 156 cm³/mol. The molecule has 42 heavy (non-hydrogen) atoms. The SMILES string of the molecule is CCCCC[C@H](O)/C=C/[C@H]1[C@H](O)CC(=O)[C@@H]1CCCCCCC(=O)Oc1ccc(CC(=O)c2ccc(F)c(F)c2)cc1. The van der Waals surface area contributed by atoms with Crippen LogP contribution in [0.25, 0.3) is 0 Å². The molecule has 0 heterocycles. The van der Waals surface area contributed by atoms with E-state index < -0.39 is 23.8 Å². The Morgan fingerprint density at radius 1 is 1.00 bits per heavy atom. The smallest absolute Gasteiger partial charge is 0.311 e. The van der Waals surface area contributed by atoms with Crippen molar-refractivity contribution in [1.29, 1.82) is 0 Å². The van der Waals surface area contributed by atoms with Crippen molar-refractivity contribution in [3.05, 3.63) is 77.4 Å². The summed E-state index contributed by atoms with van der Waals surface area (Å²) in [5.74, 6) is -2.86. The molecule has 4 atom stereocenters. The number of ether oxygens (including phenoxy) is 1. The molecule has 0 unspecified atom stereocenters. The van der Waals surface area contributed by atoms with Crippen LogP contribution in [-0.4, -0.2) is 40.0 Å². The van der Waals surface area contributed by atoms with Gasteiger partial charge >= 0.3 is 5.97 Å². The van der Waals surface area contributed by atoms with Crippen LogP contribution in [0.3, 0.4) is 0 Å². The Labute approximate surface area is 246 Å². The maximum absolute atomic E-state index is 13.4. The second-order valence-corrected chi connectivity index (χ2v) is 11.2. The number of aliphatic hydroxyl groups is 2. The molecule has 0 spiro atoms. The summed E-state index contributed by atoms with van der Waals surface area (Å²) in [6.45, 7) is 2.11.